The zero-order valence-electron chi connectivity index (χ0n) is 15.0. The van der Waals surface area contributed by atoms with E-state index in [2.05, 4.69) is 9.97 Å². The molecule has 0 saturated carbocycles. The highest BCUT2D eigenvalue weighted by molar-refractivity contribution is 5.79. The Hall–Kier alpha value is -2.68. The summed E-state index contributed by atoms with van der Waals surface area (Å²) in [6.07, 6.45) is 9.88. The molecule has 140 valence electrons. The van der Waals surface area contributed by atoms with Crippen LogP contribution in [0.4, 0.5) is 0 Å². The summed E-state index contributed by atoms with van der Waals surface area (Å²) in [6.45, 7) is 4.81. The summed E-state index contributed by atoms with van der Waals surface area (Å²) in [6, 6.07) is -0.473. The van der Waals surface area contributed by atoms with E-state index in [1.165, 1.54) is 0 Å². The van der Waals surface area contributed by atoms with Crippen LogP contribution in [0.1, 0.15) is 13.8 Å². The van der Waals surface area contributed by atoms with Crippen LogP contribution >= 0.6 is 0 Å². The average Bonchev–Trinajstić information content (AvgIpc) is 3.27. The molecule has 0 aromatic carbocycles. The zero-order valence-corrected chi connectivity index (χ0v) is 15.0. The van der Waals surface area contributed by atoms with Crippen LogP contribution in [0, 0.1) is 0 Å². The minimum Gasteiger partial charge on any atom is -0.388 e. The van der Waals surface area contributed by atoms with Crippen LogP contribution in [0.15, 0.2) is 37.4 Å². The normalized spacial score (nSPS) is 18.2. The molecule has 0 spiro atoms. The molecular formula is C17H24N6O3. The van der Waals surface area contributed by atoms with Crippen molar-refractivity contribution >= 4 is 11.8 Å². The van der Waals surface area contributed by atoms with Gasteiger partial charge >= 0.3 is 0 Å². The van der Waals surface area contributed by atoms with Crippen molar-refractivity contribution in [2.24, 2.45) is 0 Å². The summed E-state index contributed by atoms with van der Waals surface area (Å²) in [7, 11) is 0. The third kappa shape index (κ3) is 4.10. The molecule has 2 aromatic heterocycles. The number of aliphatic hydroxyl groups is 1. The molecule has 1 atom stereocenters. The molecular weight excluding hydrogens is 336 g/mol. The van der Waals surface area contributed by atoms with Gasteiger partial charge in [-0.25, -0.2) is 9.97 Å². The Balaban J connectivity index is 1.69. The lowest BCUT2D eigenvalue weighted by atomic mass is 9.94. The highest BCUT2D eigenvalue weighted by Crippen LogP contribution is 2.22. The molecule has 1 unspecified atom stereocenters. The van der Waals surface area contributed by atoms with Gasteiger partial charge in [-0.1, -0.05) is 0 Å². The Labute approximate surface area is 151 Å². The SMILES string of the molecule is CC(C)(O)C1CN(C(=O)Cn2ccnc2)CCN1C(=O)Cn1ccnc1. The van der Waals surface area contributed by atoms with Crippen LogP contribution in [0.5, 0.6) is 0 Å². The average molecular weight is 360 g/mol. The number of aromatic nitrogens is 4. The second-order valence-electron chi connectivity index (χ2n) is 7.07. The number of carbonyl (C=O) groups is 2. The van der Waals surface area contributed by atoms with E-state index in [0.29, 0.717) is 19.6 Å². The smallest absolute Gasteiger partial charge is 0.243 e. The molecule has 26 heavy (non-hydrogen) atoms. The van der Waals surface area contributed by atoms with Gasteiger partial charge < -0.3 is 24.0 Å². The van der Waals surface area contributed by atoms with E-state index in [1.807, 2.05) is 0 Å². The lowest BCUT2D eigenvalue weighted by molar-refractivity contribution is -0.151. The predicted octanol–water partition coefficient (Wildman–Crippen LogP) is -0.410. The topological polar surface area (TPSA) is 96.5 Å². The van der Waals surface area contributed by atoms with Crippen LogP contribution in [-0.2, 0) is 22.7 Å². The highest BCUT2D eigenvalue weighted by Gasteiger charge is 2.40. The van der Waals surface area contributed by atoms with Crippen LogP contribution in [0.25, 0.3) is 0 Å². The van der Waals surface area contributed by atoms with Gasteiger partial charge in [0, 0.05) is 44.4 Å². The monoisotopic (exact) mass is 360 g/mol. The van der Waals surface area contributed by atoms with E-state index in [4.69, 9.17) is 0 Å². The Kier molecular flexibility index (Phi) is 5.08. The number of rotatable bonds is 5. The van der Waals surface area contributed by atoms with Crippen molar-refractivity contribution in [2.45, 2.75) is 38.6 Å². The Morgan fingerprint density at radius 3 is 2.12 bits per heavy atom. The van der Waals surface area contributed by atoms with Crippen molar-refractivity contribution in [2.75, 3.05) is 19.6 Å². The second kappa shape index (κ2) is 7.28. The Bertz CT molecular complexity index is 735. The lowest BCUT2D eigenvalue weighted by Crippen LogP contribution is -2.64. The molecule has 2 amide bonds. The number of nitrogens with zero attached hydrogens (tertiary/aromatic N) is 6. The highest BCUT2D eigenvalue weighted by atomic mass is 16.3. The molecule has 1 aliphatic heterocycles. The molecule has 9 heteroatoms. The van der Waals surface area contributed by atoms with Crippen LogP contribution in [0.3, 0.4) is 0 Å². The molecule has 3 heterocycles. The second-order valence-corrected chi connectivity index (χ2v) is 7.07. The van der Waals surface area contributed by atoms with Crippen LogP contribution in [0.2, 0.25) is 0 Å². The maximum atomic E-state index is 12.7. The number of amides is 2. The van der Waals surface area contributed by atoms with Crippen LogP contribution in [-0.4, -0.2) is 77.1 Å². The minimum absolute atomic E-state index is 0.0565. The van der Waals surface area contributed by atoms with E-state index < -0.39 is 11.6 Å². The molecule has 0 aliphatic carbocycles. The molecule has 2 aromatic rings. The van der Waals surface area contributed by atoms with Crippen molar-refractivity contribution in [1.29, 1.82) is 0 Å². The van der Waals surface area contributed by atoms with E-state index in [1.54, 1.807) is 70.2 Å². The quantitative estimate of drug-likeness (QED) is 0.782. The molecule has 1 N–H and O–H groups in total. The van der Waals surface area contributed by atoms with Gasteiger partial charge in [-0.2, -0.15) is 0 Å². The Morgan fingerprint density at radius 2 is 1.62 bits per heavy atom. The summed E-state index contributed by atoms with van der Waals surface area (Å²) < 4.78 is 3.40. The maximum absolute atomic E-state index is 12.7. The van der Waals surface area contributed by atoms with Crippen molar-refractivity contribution < 1.29 is 14.7 Å². The first-order valence-electron chi connectivity index (χ1n) is 8.55. The number of piperazine rings is 1. The van der Waals surface area contributed by atoms with Gasteiger partial charge in [0.25, 0.3) is 0 Å². The van der Waals surface area contributed by atoms with Gasteiger partial charge in [0.1, 0.15) is 13.1 Å². The van der Waals surface area contributed by atoms with Gasteiger partial charge in [0.2, 0.25) is 11.8 Å². The lowest BCUT2D eigenvalue weighted by Gasteiger charge is -2.46. The van der Waals surface area contributed by atoms with Gasteiger partial charge in [-0.05, 0) is 13.8 Å². The molecule has 1 fully saturated rings. The molecule has 0 bridgehead atoms. The fourth-order valence-electron chi connectivity index (χ4n) is 3.18. The fourth-order valence-corrected chi connectivity index (χ4v) is 3.18. The van der Waals surface area contributed by atoms with Crippen molar-refractivity contribution in [3.63, 3.8) is 0 Å². The van der Waals surface area contributed by atoms with Crippen molar-refractivity contribution in [3.05, 3.63) is 37.4 Å². The van der Waals surface area contributed by atoms with Gasteiger partial charge in [0.15, 0.2) is 0 Å². The molecule has 1 aliphatic rings. The molecule has 3 rings (SSSR count). The predicted molar refractivity (Wildman–Crippen MR) is 92.8 cm³/mol. The molecule has 0 radical (unpaired) electrons. The molecule has 1 saturated heterocycles. The standard InChI is InChI=1S/C17H24N6O3/c1-17(2,26)14-9-22(15(24)10-20-5-3-18-12-20)7-8-23(14)16(25)11-21-6-4-19-13-21/h3-6,12-14,26H,7-11H2,1-2H3. The van der Waals surface area contributed by atoms with Crippen molar-refractivity contribution in [1.82, 2.24) is 28.9 Å². The first kappa shape index (κ1) is 18.1. The van der Waals surface area contributed by atoms with Gasteiger partial charge in [-0.3, -0.25) is 9.59 Å². The number of imidazole rings is 2. The summed E-state index contributed by atoms with van der Waals surface area (Å²) in [5, 5.41) is 10.6. The fraction of sp³-hybridized carbons (Fsp3) is 0.529. The summed E-state index contributed by atoms with van der Waals surface area (Å²) >= 11 is 0. The van der Waals surface area contributed by atoms with Gasteiger partial charge in [0.05, 0.1) is 24.3 Å². The maximum Gasteiger partial charge on any atom is 0.243 e. The summed E-state index contributed by atoms with van der Waals surface area (Å²) in [5.41, 5.74) is -1.13. The van der Waals surface area contributed by atoms with E-state index in [-0.39, 0.29) is 24.9 Å². The third-order valence-electron chi connectivity index (χ3n) is 4.62. The summed E-state index contributed by atoms with van der Waals surface area (Å²) in [4.78, 5) is 36.5. The van der Waals surface area contributed by atoms with E-state index >= 15 is 0 Å². The van der Waals surface area contributed by atoms with E-state index in [9.17, 15) is 14.7 Å². The van der Waals surface area contributed by atoms with Crippen LogP contribution < -0.4 is 0 Å². The third-order valence-corrected chi connectivity index (χ3v) is 4.62. The van der Waals surface area contributed by atoms with Gasteiger partial charge in [-0.15, -0.1) is 0 Å². The minimum atomic E-state index is -1.13. The number of hydrogen-bond donors (Lipinski definition) is 1. The summed E-state index contributed by atoms with van der Waals surface area (Å²) in [5.74, 6) is -0.157. The van der Waals surface area contributed by atoms with Crippen molar-refractivity contribution in [3.8, 4) is 0 Å². The number of carbonyl (C=O) groups excluding carboxylic acids is 2. The first-order valence-corrected chi connectivity index (χ1v) is 8.55. The largest absolute Gasteiger partial charge is 0.388 e. The zero-order chi connectivity index (χ0) is 18.7. The molecule has 9 nitrogen and oxygen atoms in total. The van der Waals surface area contributed by atoms with E-state index in [0.717, 1.165) is 0 Å². The first-order chi connectivity index (χ1) is 12.3. The Morgan fingerprint density at radius 1 is 1.04 bits per heavy atom. The number of hydrogen-bond acceptors (Lipinski definition) is 5.